The van der Waals surface area contributed by atoms with Gasteiger partial charge in [-0.3, -0.25) is 9.59 Å². The summed E-state index contributed by atoms with van der Waals surface area (Å²) < 4.78 is 58.2. The van der Waals surface area contributed by atoms with E-state index in [0.717, 1.165) is 16.3 Å². The highest BCUT2D eigenvalue weighted by Crippen LogP contribution is 2.37. The largest absolute Gasteiger partial charge is 0.417 e. The fourth-order valence-corrected chi connectivity index (χ4v) is 5.13. The number of halogens is 4. The standard InChI is InChI=1S/C31H37F4N7O3/c1-18(2)14-42(16-20(4)43)30-36-12-21(13-37-30)22-9-26(27(11-25(22)32)41-8-7-39(5)19(3)15-41)38-29(45)23-17-40(6)28(44)10-24(23)31(33,34)35/h9-13,17,19-20,43H,1,7-8,14-16H2,2-6H3,(H,38,45)/t19-,20-/m0/s1. The first-order valence-corrected chi connectivity index (χ1v) is 14.3. The van der Waals surface area contributed by atoms with E-state index >= 15 is 4.39 Å². The highest BCUT2D eigenvalue weighted by molar-refractivity contribution is 6.07. The van der Waals surface area contributed by atoms with Crippen molar-refractivity contribution >= 4 is 23.2 Å². The zero-order chi connectivity index (χ0) is 33.2. The van der Waals surface area contributed by atoms with Crippen LogP contribution in [-0.4, -0.2) is 82.4 Å². The maximum atomic E-state index is 15.8. The molecule has 2 aromatic heterocycles. The Hall–Kier alpha value is -4.30. The molecule has 14 heteroatoms. The Bertz CT molecular complexity index is 1620. The number of nitrogens with zero attached hydrogens (tertiary/aromatic N) is 6. The first kappa shape index (κ1) is 33.6. The van der Waals surface area contributed by atoms with Gasteiger partial charge in [0.2, 0.25) is 5.95 Å². The molecule has 1 amide bonds. The Kier molecular flexibility index (Phi) is 9.98. The number of benzene rings is 1. The molecule has 0 aliphatic carbocycles. The number of pyridine rings is 1. The van der Waals surface area contributed by atoms with Crippen LogP contribution in [0.15, 0.2) is 53.7 Å². The number of carbonyl (C=O) groups is 1. The summed E-state index contributed by atoms with van der Waals surface area (Å²) in [5.41, 5.74) is -1.58. The van der Waals surface area contributed by atoms with Crippen LogP contribution in [0.5, 0.6) is 0 Å². The Balaban J connectivity index is 1.78. The number of nitrogens with one attached hydrogen (secondary N) is 1. The van der Waals surface area contributed by atoms with Crippen molar-refractivity contribution < 1.29 is 27.5 Å². The van der Waals surface area contributed by atoms with Gasteiger partial charge in [-0.15, -0.1) is 0 Å². The molecular formula is C31H37F4N7O3. The number of aromatic nitrogens is 3. The smallest absolute Gasteiger partial charge is 0.392 e. The zero-order valence-electron chi connectivity index (χ0n) is 25.8. The first-order chi connectivity index (χ1) is 21.0. The van der Waals surface area contributed by atoms with Crippen LogP contribution < -0.4 is 20.7 Å². The van der Waals surface area contributed by atoms with Crippen LogP contribution in [0.4, 0.5) is 34.9 Å². The molecule has 2 N–H and O–H groups in total. The molecule has 0 bridgehead atoms. The lowest BCUT2D eigenvalue weighted by molar-refractivity contribution is -0.138. The second-order valence-electron chi connectivity index (χ2n) is 11.6. The van der Waals surface area contributed by atoms with Crippen LogP contribution >= 0.6 is 0 Å². The summed E-state index contributed by atoms with van der Waals surface area (Å²) >= 11 is 0. The molecule has 4 rings (SSSR count). The van der Waals surface area contributed by atoms with Gasteiger partial charge in [0, 0.05) is 81.6 Å². The molecule has 3 aromatic rings. The fourth-order valence-electron chi connectivity index (χ4n) is 5.13. The average molecular weight is 632 g/mol. The van der Waals surface area contributed by atoms with Crippen molar-refractivity contribution in [2.75, 3.05) is 54.9 Å². The van der Waals surface area contributed by atoms with E-state index in [1.54, 1.807) is 11.8 Å². The molecule has 0 unspecified atom stereocenters. The van der Waals surface area contributed by atoms with Gasteiger partial charge in [0.25, 0.3) is 11.5 Å². The molecule has 1 fully saturated rings. The third-order valence-electron chi connectivity index (χ3n) is 7.59. The number of rotatable bonds is 9. The maximum Gasteiger partial charge on any atom is 0.417 e. The van der Waals surface area contributed by atoms with Gasteiger partial charge in [-0.2, -0.15) is 13.2 Å². The van der Waals surface area contributed by atoms with Gasteiger partial charge < -0.3 is 29.7 Å². The maximum absolute atomic E-state index is 15.8. The third-order valence-corrected chi connectivity index (χ3v) is 7.59. The molecule has 1 aromatic carbocycles. The number of likely N-dealkylation sites (N-methyl/N-ethyl adjacent to an activating group) is 1. The van der Waals surface area contributed by atoms with Gasteiger partial charge in [0.05, 0.1) is 28.6 Å². The highest BCUT2D eigenvalue weighted by atomic mass is 19.4. The molecule has 1 aliphatic rings. The summed E-state index contributed by atoms with van der Waals surface area (Å²) in [6.45, 7) is 11.6. The zero-order valence-corrected chi connectivity index (χ0v) is 25.8. The summed E-state index contributed by atoms with van der Waals surface area (Å²) in [7, 11) is 3.20. The van der Waals surface area contributed by atoms with Crippen LogP contribution in [0, 0.1) is 5.82 Å². The summed E-state index contributed by atoms with van der Waals surface area (Å²) in [5, 5.41) is 12.5. The number of amides is 1. The van der Waals surface area contributed by atoms with E-state index in [9.17, 15) is 27.9 Å². The minimum absolute atomic E-state index is 0.0151. The van der Waals surface area contributed by atoms with Gasteiger partial charge in [0.1, 0.15) is 5.82 Å². The van der Waals surface area contributed by atoms with Crippen molar-refractivity contribution in [1.82, 2.24) is 19.4 Å². The van der Waals surface area contributed by atoms with Crippen molar-refractivity contribution in [2.45, 2.75) is 39.1 Å². The van der Waals surface area contributed by atoms with Crippen LogP contribution in [0.3, 0.4) is 0 Å². The van der Waals surface area contributed by atoms with E-state index in [2.05, 4.69) is 26.8 Å². The lowest BCUT2D eigenvalue weighted by Crippen LogP contribution is -2.50. The summed E-state index contributed by atoms with van der Waals surface area (Å²) in [5.74, 6) is -1.47. The van der Waals surface area contributed by atoms with Crippen LogP contribution in [0.25, 0.3) is 11.1 Å². The van der Waals surface area contributed by atoms with E-state index < -0.39 is 40.7 Å². The van der Waals surface area contributed by atoms with Crippen molar-refractivity contribution in [2.24, 2.45) is 7.05 Å². The highest BCUT2D eigenvalue weighted by Gasteiger charge is 2.36. The van der Waals surface area contributed by atoms with E-state index in [1.165, 1.54) is 31.6 Å². The first-order valence-electron chi connectivity index (χ1n) is 14.3. The van der Waals surface area contributed by atoms with Gasteiger partial charge in [0.15, 0.2) is 0 Å². The molecule has 3 heterocycles. The Morgan fingerprint density at radius 2 is 1.87 bits per heavy atom. The molecule has 0 radical (unpaired) electrons. The number of piperazine rings is 1. The SMILES string of the molecule is C=C(C)CN(C[C@H](C)O)c1ncc(-c2cc(NC(=O)c3cn(C)c(=O)cc3C(F)(F)F)c(N3CCN(C)[C@@H](C)C3)cc2F)cn1. The molecule has 1 aliphatic heterocycles. The second-order valence-corrected chi connectivity index (χ2v) is 11.6. The summed E-state index contributed by atoms with van der Waals surface area (Å²) in [4.78, 5) is 39.8. The Morgan fingerprint density at radius 3 is 2.44 bits per heavy atom. The number of hydrogen-bond donors (Lipinski definition) is 2. The van der Waals surface area contributed by atoms with Gasteiger partial charge in [-0.05, 0) is 40.0 Å². The number of aliphatic hydroxyl groups excluding tert-OH is 1. The summed E-state index contributed by atoms with van der Waals surface area (Å²) in [6, 6.07) is 3.04. The quantitative estimate of drug-likeness (QED) is 0.268. The number of aliphatic hydroxyl groups is 1. The van der Waals surface area contributed by atoms with Crippen molar-refractivity contribution in [3.05, 3.63) is 76.2 Å². The van der Waals surface area contributed by atoms with Crippen molar-refractivity contribution in [3.63, 3.8) is 0 Å². The van der Waals surface area contributed by atoms with Gasteiger partial charge in [-0.1, -0.05) is 12.2 Å². The van der Waals surface area contributed by atoms with Crippen molar-refractivity contribution in [3.8, 4) is 11.1 Å². The molecule has 2 atom stereocenters. The van der Waals surface area contributed by atoms with Gasteiger partial charge in [-0.25, -0.2) is 14.4 Å². The van der Waals surface area contributed by atoms with E-state index in [-0.39, 0.29) is 35.3 Å². The predicted octanol–water partition coefficient (Wildman–Crippen LogP) is 4.16. The summed E-state index contributed by atoms with van der Waals surface area (Å²) in [6.07, 6.45) is -2.02. The molecule has 45 heavy (non-hydrogen) atoms. The topological polar surface area (TPSA) is 107 Å². The third kappa shape index (κ3) is 7.87. The number of anilines is 3. The second kappa shape index (κ2) is 13.4. The molecule has 1 saturated heterocycles. The molecule has 0 spiro atoms. The lowest BCUT2D eigenvalue weighted by atomic mass is 10.0. The normalized spacial score (nSPS) is 16.4. The lowest BCUT2D eigenvalue weighted by Gasteiger charge is -2.39. The number of hydrogen-bond acceptors (Lipinski definition) is 8. The van der Waals surface area contributed by atoms with Crippen LogP contribution in [0.2, 0.25) is 0 Å². The van der Waals surface area contributed by atoms with E-state index in [1.807, 2.05) is 25.8 Å². The monoisotopic (exact) mass is 631 g/mol. The Labute approximate surface area is 258 Å². The minimum atomic E-state index is -4.96. The molecule has 10 nitrogen and oxygen atoms in total. The molecular weight excluding hydrogens is 594 g/mol. The van der Waals surface area contributed by atoms with E-state index in [4.69, 9.17) is 0 Å². The predicted molar refractivity (Wildman–Crippen MR) is 165 cm³/mol. The van der Waals surface area contributed by atoms with Crippen LogP contribution in [-0.2, 0) is 13.2 Å². The number of aryl methyl sites for hydroxylation is 1. The molecule has 242 valence electrons. The van der Waals surface area contributed by atoms with Crippen molar-refractivity contribution in [1.29, 1.82) is 0 Å². The number of carbonyl (C=O) groups excluding carboxylic acids is 1. The van der Waals surface area contributed by atoms with Crippen LogP contribution in [0.1, 0.15) is 36.7 Å². The average Bonchev–Trinajstić information content (AvgIpc) is 2.95. The number of alkyl halides is 3. The Morgan fingerprint density at radius 1 is 1.20 bits per heavy atom. The minimum Gasteiger partial charge on any atom is -0.392 e. The fraction of sp³-hybridized carbons (Fsp3) is 0.419. The van der Waals surface area contributed by atoms with Gasteiger partial charge >= 0.3 is 6.18 Å². The molecule has 0 saturated carbocycles. The van der Waals surface area contributed by atoms with E-state index in [0.29, 0.717) is 37.9 Å².